The zero-order valence-corrected chi connectivity index (χ0v) is 10.5. The molecule has 0 aliphatic carbocycles. The Hall–Kier alpha value is -0.850. The van der Waals surface area contributed by atoms with Crippen LogP contribution in [0.1, 0.15) is 18.0 Å². The number of benzene rings is 1. The molecule has 2 N–H and O–H groups in total. The molecule has 0 spiro atoms. The van der Waals surface area contributed by atoms with Gasteiger partial charge in [-0.1, -0.05) is 11.6 Å². The van der Waals surface area contributed by atoms with E-state index in [0.29, 0.717) is 11.5 Å². The first kappa shape index (κ1) is 15.2. The van der Waals surface area contributed by atoms with E-state index in [2.05, 4.69) is 0 Å². The Morgan fingerprint density at radius 3 is 2.39 bits per heavy atom. The van der Waals surface area contributed by atoms with E-state index in [-0.39, 0.29) is 29.8 Å². The Bertz CT molecular complexity index is 440. The van der Waals surface area contributed by atoms with Crippen LogP contribution in [0.15, 0.2) is 12.1 Å². The molecule has 0 saturated heterocycles. The number of fused-ring (bicyclic) bond motifs is 1. The molecule has 1 atom stereocenters. The van der Waals surface area contributed by atoms with Crippen LogP contribution in [0.2, 0.25) is 5.02 Å². The molecule has 0 saturated carbocycles. The predicted molar refractivity (Wildman–Crippen MR) is 62.4 cm³/mol. The average Bonchev–Trinajstić information content (AvgIpc) is 2.60. The largest absolute Gasteiger partial charge is 0.454 e. The van der Waals surface area contributed by atoms with Crippen molar-refractivity contribution in [1.29, 1.82) is 0 Å². The number of ether oxygens (including phenoxy) is 2. The lowest BCUT2D eigenvalue weighted by atomic mass is 10.0. The van der Waals surface area contributed by atoms with Crippen molar-refractivity contribution in [2.75, 3.05) is 6.79 Å². The Balaban J connectivity index is 0.00000162. The molecule has 102 valence electrons. The van der Waals surface area contributed by atoms with Crippen LogP contribution in [0, 0.1) is 0 Å². The highest BCUT2D eigenvalue weighted by Gasteiger charge is 2.32. The maximum Gasteiger partial charge on any atom is 0.390 e. The number of hydrogen-bond acceptors (Lipinski definition) is 3. The topological polar surface area (TPSA) is 44.5 Å². The molecule has 18 heavy (non-hydrogen) atoms. The van der Waals surface area contributed by atoms with Crippen molar-refractivity contribution in [2.24, 2.45) is 5.73 Å². The molecule has 0 amide bonds. The van der Waals surface area contributed by atoms with Gasteiger partial charge in [-0.15, -0.1) is 12.4 Å². The Morgan fingerprint density at radius 1 is 1.28 bits per heavy atom. The molecule has 2 rings (SSSR count). The number of alkyl halides is 3. The maximum atomic E-state index is 12.2. The molecular formula is C10H10Cl2F3NO2. The van der Waals surface area contributed by atoms with Crippen molar-refractivity contribution in [1.82, 2.24) is 0 Å². The van der Waals surface area contributed by atoms with Crippen molar-refractivity contribution in [3.8, 4) is 11.5 Å². The van der Waals surface area contributed by atoms with Crippen LogP contribution >= 0.6 is 24.0 Å². The molecule has 3 nitrogen and oxygen atoms in total. The average molecular weight is 304 g/mol. The van der Waals surface area contributed by atoms with E-state index in [9.17, 15) is 13.2 Å². The third-order valence-electron chi connectivity index (χ3n) is 2.34. The third kappa shape index (κ3) is 3.34. The molecule has 1 aliphatic rings. The van der Waals surface area contributed by atoms with Crippen molar-refractivity contribution >= 4 is 24.0 Å². The smallest absolute Gasteiger partial charge is 0.390 e. The van der Waals surface area contributed by atoms with Crippen LogP contribution in [0.25, 0.3) is 0 Å². The lowest BCUT2D eigenvalue weighted by Gasteiger charge is -2.16. The summed E-state index contributed by atoms with van der Waals surface area (Å²) < 4.78 is 46.8. The van der Waals surface area contributed by atoms with E-state index < -0.39 is 18.6 Å². The van der Waals surface area contributed by atoms with Gasteiger partial charge >= 0.3 is 6.18 Å². The van der Waals surface area contributed by atoms with Crippen LogP contribution in [0.3, 0.4) is 0 Å². The van der Waals surface area contributed by atoms with Gasteiger partial charge in [0.1, 0.15) is 0 Å². The molecule has 1 heterocycles. The molecule has 0 fully saturated rings. The first-order valence-corrected chi connectivity index (χ1v) is 5.16. The van der Waals surface area contributed by atoms with E-state index in [4.69, 9.17) is 26.8 Å². The Morgan fingerprint density at radius 2 is 1.83 bits per heavy atom. The minimum atomic E-state index is -4.33. The summed E-state index contributed by atoms with van der Waals surface area (Å²) in [7, 11) is 0. The van der Waals surface area contributed by atoms with Crippen LogP contribution in [0.4, 0.5) is 13.2 Å². The van der Waals surface area contributed by atoms with Crippen LogP contribution < -0.4 is 15.2 Å². The highest BCUT2D eigenvalue weighted by Crippen LogP contribution is 2.40. The molecule has 8 heteroatoms. The molecule has 1 aromatic rings. The second kappa shape index (κ2) is 5.42. The van der Waals surface area contributed by atoms with Gasteiger partial charge in [0.05, 0.1) is 6.42 Å². The lowest BCUT2D eigenvalue weighted by molar-refractivity contribution is -0.138. The third-order valence-corrected chi connectivity index (χ3v) is 2.67. The van der Waals surface area contributed by atoms with Gasteiger partial charge in [0.2, 0.25) is 6.79 Å². The van der Waals surface area contributed by atoms with E-state index in [1.165, 1.54) is 12.1 Å². The fourth-order valence-electron chi connectivity index (χ4n) is 1.58. The minimum absolute atomic E-state index is 0. The van der Waals surface area contributed by atoms with E-state index in [1.54, 1.807) is 0 Å². The summed E-state index contributed by atoms with van der Waals surface area (Å²) >= 11 is 5.85. The standard InChI is InChI=1S/C10H9ClF3NO2.ClH/c11-6-2-9-8(16-4-17-9)1-5(6)7(15)3-10(12,13)14;/h1-2,7H,3-4,15H2;1H/t7-;/m1./s1. The summed E-state index contributed by atoms with van der Waals surface area (Å²) in [5.74, 6) is 0.778. The quantitative estimate of drug-likeness (QED) is 0.910. The first-order chi connectivity index (χ1) is 7.87. The highest BCUT2D eigenvalue weighted by atomic mass is 35.5. The van der Waals surface area contributed by atoms with E-state index >= 15 is 0 Å². The van der Waals surface area contributed by atoms with Gasteiger partial charge in [-0.25, -0.2) is 0 Å². The number of rotatable bonds is 2. The summed E-state index contributed by atoms with van der Waals surface area (Å²) in [6.45, 7) is 0.0314. The fraction of sp³-hybridized carbons (Fsp3) is 0.400. The Kier molecular flexibility index (Phi) is 4.58. The van der Waals surface area contributed by atoms with Gasteiger partial charge in [-0.05, 0) is 11.6 Å². The molecule has 0 radical (unpaired) electrons. The summed E-state index contributed by atoms with van der Waals surface area (Å²) in [6, 6.07) is 1.59. The predicted octanol–water partition coefficient (Wildman–Crippen LogP) is 3.44. The van der Waals surface area contributed by atoms with Gasteiger partial charge < -0.3 is 15.2 Å². The zero-order valence-electron chi connectivity index (χ0n) is 8.96. The van der Waals surface area contributed by atoms with Gasteiger partial charge in [0.15, 0.2) is 11.5 Å². The number of hydrogen-bond donors (Lipinski definition) is 1. The SMILES string of the molecule is Cl.N[C@H](CC(F)(F)F)c1cc2c(cc1Cl)OCO2. The van der Waals surface area contributed by atoms with Crippen molar-refractivity contribution in [3.63, 3.8) is 0 Å². The van der Waals surface area contributed by atoms with Crippen molar-refractivity contribution < 1.29 is 22.6 Å². The van der Waals surface area contributed by atoms with Gasteiger partial charge in [0.25, 0.3) is 0 Å². The van der Waals surface area contributed by atoms with Gasteiger partial charge in [-0.2, -0.15) is 13.2 Å². The summed E-state index contributed by atoms with van der Waals surface area (Å²) in [5.41, 5.74) is 5.68. The molecule has 1 aromatic carbocycles. The monoisotopic (exact) mass is 303 g/mol. The Labute approximate surface area is 112 Å². The van der Waals surface area contributed by atoms with Crippen LogP contribution in [-0.4, -0.2) is 13.0 Å². The zero-order chi connectivity index (χ0) is 12.6. The van der Waals surface area contributed by atoms with Crippen molar-refractivity contribution in [2.45, 2.75) is 18.6 Å². The molecule has 1 aliphatic heterocycles. The second-order valence-corrected chi connectivity index (χ2v) is 4.06. The molecular weight excluding hydrogens is 294 g/mol. The summed E-state index contributed by atoms with van der Waals surface area (Å²) in [5, 5.41) is 0.144. The second-order valence-electron chi connectivity index (χ2n) is 3.65. The normalized spacial score (nSPS) is 15.2. The lowest BCUT2D eigenvalue weighted by Crippen LogP contribution is -2.20. The fourth-order valence-corrected chi connectivity index (χ4v) is 1.87. The molecule has 0 bridgehead atoms. The number of nitrogens with two attached hydrogens (primary N) is 1. The van der Waals surface area contributed by atoms with Crippen LogP contribution in [-0.2, 0) is 0 Å². The van der Waals surface area contributed by atoms with Crippen molar-refractivity contribution in [3.05, 3.63) is 22.7 Å². The summed E-state index contributed by atoms with van der Waals surface area (Å²) in [4.78, 5) is 0. The maximum absolute atomic E-state index is 12.2. The van der Waals surface area contributed by atoms with E-state index in [0.717, 1.165) is 0 Å². The number of halogens is 5. The first-order valence-electron chi connectivity index (χ1n) is 4.78. The highest BCUT2D eigenvalue weighted by molar-refractivity contribution is 6.31. The minimum Gasteiger partial charge on any atom is -0.454 e. The molecule has 0 unspecified atom stereocenters. The summed E-state index contributed by atoms with van der Waals surface area (Å²) in [6.07, 6.45) is -5.47. The van der Waals surface area contributed by atoms with E-state index in [1.807, 2.05) is 0 Å². The molecule has 0 aromatic heterocycles. The van der Waals surface area contributed by atoms with Gasteiger partial charge in [-0.3, -0.25) is 0 Å². The van der Waals surface area contributed by atoms with Crippen LogP contribution in [0.5, 0.6) is 11.5 Å². The van der Waals surface area contributed by atoms with Gasteiger partial charge in [0, 0.05) is 17.1 Å².